The van der Waals surface area contributed by atoms with E-state index in [4.69, 9.17) is 9.79 Å². The summed E-state index contributed by atoms with van der Waals surface area (Å²) in [4.78, 5) is 15.3. The maximum atomic E-state index is 11.6. The number of hydrogen-bond acceptors (Lipinski definition) is 2. The minimum atomic E-state index is -6.14. The van der Waals surface area contributed by atoms with E-state index in [1.54, 1.807) is 0 Å². The Bertz CT molecular complexity index is 214. The SMILES string of the molecule is O=P(O)(O)OC(F)(F)C(F)(F)F.[H-].[Li+]. The molecule has 76 valence electrons. The third-order valence-corrected chi connectivity index (χ3v) is 1.03. The van der Waals surface area contributed by atoms with Gasteiger partial charge < -0.3 is 11.2 Å². The van der Waals surface area contributed by atoms with Crippen molar-refractivity contribution < 1.29 is 61.1 Å². The van der Waals surface area contributed by atoms with E-state index < -0.39 is 20.1 Å². The van der Waals surface area contributed by atoms with Crippen LogP contribution in [0.15, 0.2) is 0 Å². The van der Waals surface area contributed by atoms with Gasteiger partial charge in [-0.3, -0.25) is 0 Å². The number of alkyl halides is 5. The maximum absolute atomic E-state index is 11.6. The molecule has 0 aromatic rings. The summed E-state index contributed by atoms with van der Waals surface area (Å²) in [6.07, 6.45) is -12.0. The van der Waals surface area contributed by atoms with Crippen molar-refractivity contribution in [3.63, 3.8) is 0 Å². The molecular formula is C2H3F5LiO4P. The summed E-state index contributed by atoms with van der Waals surface area (Å²) in [5.74, 6) is 0. The van der Waals surface area contributed by atoms with E-state index in [1.807, 2.05) is 0 Å². The van der Waals surface area contributed by atoms with Crippen LogP contribution >= 0.6 is 7.82 Å². The Labute approximate surface area is 82.0 Å². The summed E-state index contributed by atoms with van der Waals surface area (Å²) < 4.78 is 68.4. The molecule has 0 aromatic carbocycles. The Morgan fingerprint density at radius 3 is 1.54 bits per heavy atom. The average molecular weight is 224 g/mol. The molecule has 0 bridgehead atoms. The summed E-state index contributed by atoms with van der Waals surface area (Å²) in [7, 11) is -5.85. The van der Waals surface area contributed by atoms with Crippen molar-refractivity contribution in [2.75, 3.05) is 0 Å². The van der Waals surface area contributed by atoms with E-state index in [0.717, 1.165) is 0 Å². The summed E-state index contributed by atoms with van der Waals surface area (Å²) in [5, 5.41) is 0. The van der Waals surface area contributed by atoms with E-state index in [2.05, 4.69) is 4.52 Å². The zero-order valence-corrected chi connectivity index (χ0v) is 6.94. The molecule has 0 rings (SSSR count). The second kappa shape index (κ2) is 4.25. The molecule has 11 heteroatoms. The standard InChI is InChI=1S/C2H2F5O4P.Li.H/c3-1(4,5)2(6,7)11-12(8,9)10;;/h(H2,8,9,10);;/q;+1;-1. The van der Waals surface area contributed by atoms with E-state index in [1.165, 1.54) is 0 Å². The normalized spacial score (nSPS) is 13.8. The van der Waals surface area contributed by atoms with Gasteiger partial charge in [-0.25, -0.2) is 9.09 Å². The Balaban J connectivity index is -0.000000605. The van der Waals surface area contributed by atoms with Gasteiger partial charge in [-0.2, -0.15) is 22.0 Å². The molecule has 0 aromatic heterocycles. The number of phosphoric ester groups is 1. The predicted molar refractivity (Wildman–Crippen MR) is 25.2 cm³/mol. The molecule has 13 heavy (non-hydrogen) atoms. The molecule has 0 atom stereocenters. The first-order valence-electron chi connectivity index (χ1n) is 2.16. The first kappa shape index (κ1) is 15.8. The van der Waals surface area contributed by atoms with Gasteiger partial charge in [-0.1, -0.05) is 0 Å². The van der Waals surface area contributed by atoms with Gasteiger partial charge in [0.15, 0.2) is 0 Å². The molecule has 0 heterocycles. The molecule has 0 saturated carbocycles. The van der Waals surface area contributed by atoms with Crippen LogP contribution in [0.5, 0.6) is 0 Å². The van der Waals surface area contributed by atoms with Crippen LogP contribution in [0, 0.1) is 0 Å². The fourth-order valence-corrected chi connectivity index (χ4v) is 0.603. The topological polar surface area (TPSA) is 66.8 Å². The van der Waals surface area contributed by atoms with Gasteiger partial charge in [-0.05, 0) is 0 Å². The molecule has 4 nitrogen and oxygen atoms in total. The Morgan fingerprint density at radius 2 is 1.46 bits per heavy atom. The van der Waals surface area contributed by atoms with Gasteiger partial charge in [0.05, 0.1) is 0 Å². The molecule has 0 unspecified atom stereocenters. The fourth-order valence-electron chi connectivity index (χ4n) is 0.201. The molecular weight excluding hydrogens is 221 g/mol. The van der Waals surface area contributed by atoms with Crippen molar-refractivity contribution in [3.8, 4) is 0 Å². The van der Waals surface area contributed by atoms with Crippen molar-refractivity contribution in [1.82, 2.24) is 0 Å². The third-order valence-electron chi connectivity index (χ3n) is 0.564. The molecule has 0 amide bonds. The molecule has 0 radical (unpaired) electrons. The molecule has 2 N–H and O–H groups in total. The molecule has 0 aliphatic heterocycles. The van der Waals surface area contributed by atoms with E-state index in [9.17, 15) is 26.5 Å². The van der Waals surface area contributed by atoms with Crippen LogP contribution in [-0.4, -0.2) is 22.1 Å². The van der Waals surface area contributed by atoms with Gasteiger partial charge in [-0.15, -0.1) is 0 Å². The predicted octanol–water partition coefficient (Wildman–Crippen LogP) is -1.63. The van der Waals surface area contributed by atoms with Crippen molar-refractivity contribution in [1.29, 1.82) is 0 Å². The largest absolute Gasteiger partial charge is 1.00 e. The van der Waals surface area contributed by atoms with Crippen LogP contribution < -0.4 is 18.9 Å². The average Bonchev–Trinajstić information content (AvgIpc) is 1.52. The zero-order valence-electron chi connectivity index (χ0n) is 7.05. The molecule has 0 spiro atoms. The van der Waals surface area contributed by atoms with Crippen molar-refractivity contribution >= 4 is 7.82 Å². The van der Waals surface area contributed by atoms with Gasteiger partial charge in [0, 0.05) is 0 Å². The zero-order chi connectivity index (χ0) is 10.2. The molecule has 0 aliphatic rings. The first-order chi connectivity index (χ1) is 4.96. The fraction of sp³-hybridized carbons (Fsp3) is 1.00. The van der Waals surface area contributed by atoms with Crippen LogP contribution in [-0.2, 0) is 9.09 Å². The summed E-state index contributed by atoms with van der Waals surface area (Å²) in [5.41, 5.74) is 0. The maximum Gasteiger partial charge on any atom is 1.00 e. The molecule has 0 aliphatic carbocycles. The van der Waals surface area contributed by atoms with E-state index >= 15 is 0 Å². The summed E-state index contributed by atoms with van der Waals surface area (Å²) in [6, 6.07) is 0. The number of phosphoric acid groups is 1. The second-order valence-corrected chi connectivity index (χ2v) is 2.76. The monoisotopic (exact) mass is 224 g/mol. The van der Waals surface area contributed by atoms with E-state index in [-0.39, 0.29) is 20.3 Å². The van der Waals surface area contributed by atoms with Gasteiger partial charge >= 0.3 is 39.0 Å². The Morgan fingerprint density at radius 1 is 1.15 bits per heavy atom. The number of hydrogen-bond donors (Lipinski definition) is 2. The first-order valence-corrected chi connectivity index (χ1v) is 3.69. The van der Waals surface area contributed by atoms with Crippen LogP contribution in [0.4, 0.5) is 22.0 Å². The van der Waals surface area contributed by atoms with Gasteiger partial charge in [0.1, 0.15) is 0 Å². The number of rotatable bonds is 2. The van der Waals surface area contributed by atoms with E-state index in [0.29, 0.717) is 0 Å². The minimum absolute atomic E-state index is 0. The molecule has 0 fully saturated rings. The van der Waals surface area contributed by atoms with Gasteiger partial charge in [0.25, 0.3) is 0 Å². The molecule has 0 saturated heterocycles. The van der Waals surface area contributed by atoms with Crippen LogP contribution in [0.3, 0.4) is 0 Å². The van der Waals surface area contributed by atoms with Crippen molar-refractivity contribution in [2.24, 2.45) is 0 Å². The number of halogens is 5. The van der Waals surface area contributed by atoms with Crippen LogP contribution in [0.2, 0.25) is 0 Å². The quantitative estimate of drug-likeness (QED) is 0.335. The minimum Gasteiger partial charge on any atom is -1.00 e. The Hall–Kier alpha value is 0.357. The second-order valence-electron chi connectivity index (χ2n) is 1.60. The Kier molecular flexibility index (Phi) is 5.17. The summed E-state index contributed by atoms with van der Waals surface area (Å²) in [6.45, 7) is 0. The van der Waals surface area contributed by atoms with Crippen LogP contribution in [0.25, 0.3) is 0 Å². The third kappa shape index (κ3) is 5.62. The van der Waals surface area contributed by atoms with Crippen LogP contribution in [0.1, 0.15) is 1.43 Å². The smallest absolute Gasteiger partial charge is 1.00 e. The summed E-state index contributed by atoms with van der Waals surface area (Å²) >= 11 is 0. The van der Waals surface area contributed by atoms with Crippen molar-refractivity contribution in [3.05, 3.63) is 0 Å². The van der Waals surface area contributed by atoms with Gasteiger partial charge in [0.2, 0.25) is 0 Å². The van der Waals surface area contributed by atoms with Crippen molar-refractivity contribution in [2.45, 2.75) is 12.3 Å².